The molecule has 0 unspecified atom stereocenters. The molecule has 1 amide bonds. The zero-order valence-electron chi connectivity index (χ0n) is 12.4. The molecular weight excluding hydrogens is 369 g/mol. The van der Waals surface area contributed by atoms with E-state index in [-0.39, 0.29) is 5.91 Å². The van der Waals surface area contributed by atoms with Gasteiger partial charge in [0, 0.05) is 22.9 Å². The molecule has 0 heterocycles. The summed E-state index contributed by atoms with van der Waals surface area (Å²) in [6.45, 7) is 0.667. The van der Waals surface area contributed by atoms with Gasteiger partial charge in [-0.25, -0.2) is 0 Å². The van der Waals surface area contributed by atoms with Gasteiger partial charge in [0.25, 0.3) is 0 Å². The van der Waals surface area contributed by atoms with Crippen molar-refractivity contribution in [2.75, 3.05) is 18.1 Å². The average molecular weight is 386 g/mol. The summed E-state index contributed by atoms with van der Waals surface area (Å²) in [4.78, 5) is 12.9. The molecule has 0 aromatic heterocycles. The van der Waals surface area contributed by atoms with E-state index in [4.69, 9.17) is 23.2 Å². The highest BCUT2D eigenvalue weighted by molar-refractivity contribution is 8.00. The number of halogens is 2. The van der Waals surface area contributed by atoms with E-state index in [1.807, 2.05) is 48.5 Å². The van der Waals surface area contributed by atoms with Crippen molar-refractivity contribution in [3.8, 4) is 0 Å². The highest BCUT2D eigenvalue weighted by Crippen LogP contribution is 2.24. The van der Waals surface area contributed by atoms with Crippen LogP contribution >= 0.6 is 46.7 Å². The Kier molecular flexibility index (Phi) is 8.17. The molecule has 0 fully saturated rings. The standard InChI is InChI=1S/C17H17Cl2NOS2/c18-15-7-6-13(10-16(15)19)11-22-9-8-20-17(21)12-23-14-4-2-1-3-5-14/h1-7,10H,8-9,11-12H2,(H,20,21). The van der Waals surface area contributed by atoms with Gasteiger partial charge < -0.3 is 5.32 Å². The van der Waals surface area contributed by atoms with Crippen molar-refractivity contribution in [3.05, 3.63) is 64.1 Å². The second-order valence-electron chi connectivity index (χ2n) is 4.75. The fraction of sp³-hybridized carbons (Fsp3) is 0.235. The molecule has 6 heteroatoms. The molecule has 2 nitrogen and oxygen atoms in total. The van der Waals surface area contributed by atoms with Crippen LogP contribution < -0.4 is 5.32 Å². The number of hydrogen-bond donors (Lipinski definition) is 1. The maximum Gasteiger partial charge on any atom is 0.230 e. The highest BCUT2D eigenvalue weighted by Gasteiger charge is 2.03. The van der Waals surface area contributed by atoms with Crippen molar-refractivity contribution in [1.82, 2.24) is 5.32 Å². The molecule has 2 rings (SSSR count). The third-order valence-electron chi connectivity index (χ3n) is 2.93. The lowest BCUT2D eigenvalue weighted by Gasteiger charge is -2.06. The highest BCUT2D eigenvalue weighted by atomic mass is 35.5. The van der Waals surface area contributed by atoms with E-state index in [0.29, 0.717) is 22.3 Å². The molecule has 23 heavy (non-hydrogen) atoms. The van der Waals surface area contributed by atoms with Crippen LogP contribution in [0, 0.1) is 0 Å². The fourth-order valence-electron chi connectivity index (χ4n) is 1.80. The molecule has 0 saturated heterocycles. The number of amides is 1. The summed E-state index contributed by atoms with van der Waals surface area (Å²) < 4.78 is 0. The summed E-state index contributed by atoms with van der Waals surface area (Å²) >= 11 is 15.2. The minimum atomic E-state index is 0.0639. The Bertz CT molecular complexity index is 638. The van der Waals surface area contributed by atoms with E-state index < -0.39 is 0 Å². The smallest absolute Gasteiger partial charge is 0.230 e. The van der Waals surface area contributed by atoms with Crippen molar-refractivity contribution >= 4 is 52.6 Å². The molecule has 0 aliphatic heterocycles. The zero-order chi connectivity index (χ0) is 16.5. The fourth-order valence-corrected chi connectivity index (χ4v) is 3.67. The first-order chi connectivity index (χ1) is 11.1. The van der Waals surface area contributed by atoms with E-state index in [0.717, 1.165) is 22.0 Å². The first-order valence-electron chi connectivity index (χ1n) is 7.11. The third-order valence-corrected chi connectivity index (χ3v) is 5.72. The Hall–Kier alpha value is -0.810. The van der Waals surface area contributed by atoms with Gasteiger partial charge in [-0.2, -0.15) is 11.8 Å². The van der Waals surface area contributed by atoms with Crippen LogP contribution in [0.5, 0.6) is 0 Å². The largest absolute Gasteiger partial charge is 0.355 e. The molecule has 0 atom stereocenters. The Morgan fingerprint density at radius 3 is 2.57 bits per heavy atom. The van der Waals surface area contributed by atoms with Crippen molar-refractivity contribution < 1.29 is 4.79 Å². The topological polar surface area (TPSA) is 29.1 Å². The second kappa shape index (κ2) is 10.1. The molecular formula is C17H17Cl2NOS2. The van der Waals surface area contributed by atoms with Gasteiger partial charge in [-0.1, -0.05) is 47.5 Å². The van der Waals surface area contributed by atoms with Crippen LogP contribution in [0.4, 0.5) is 0 Å². The number of hydrogen-bond acceptors (Lipinski definition) is 3. The number of thioether (sulfide) groups is 2. The van der Waals surface area contributed by atoms with Crippen LogP contribution in [0.3, 0.4) is 0 Å². The Labute approximate surface area is 155 Å². The Morgan fingerprint density at radius 1 is 1.04 bits per heavy atom. The first kappa shape index (κ1) is 18.5. The number of nitrogens with one attached hydrogen (secondary N) is 1. The van der Waals surface area contributed by atoms with Gasteiger partial charge in [-0.15, -0.1) is 11.8 Å². The van der Waals surface area contributed by atoms with Crippen molar-refractivity contribution in [1.29, 1.82) is 0 Å². The summed E-state index contributed by atoms with van der Waals surface area (Å²) in [5.74, 6) is 2.23. The van der Waals surface area contributed by atoms with E-state index >= 15 is 0 Å². The minimum Gasteiger partial charge on any atom is -0.355 e. The summed E-state index contributed by atoms with van der Waals surface area (Å²) in [5.41, 5.74) is 1.13. The summed E-state index contributed by atoms with van der Waals surface area (Å²) in [5, 5.41) is 4.08. The van der Waals surface area contributed by atoms with E-state index in [1.165, 1.54) is 0 Å². The number of rotatable bonds is 8. The monoisotopic (exact) mass is 385 g/mol. The van der Waals surface area contributed by atoms with Gasteiger partial charge >= 0.3 is 0 Å². The predicted octanol–water partition coefficient (Wildman–Crippen LogP) is 5.14. The number of carbonyl (C=O) groups excluding carboxylic acids is 1. The Morgan fingerprint density at radius 2 is 1.83 bits per heavy atom. The van der Waals surface area contributed by atoms with Crippen molar-refractivity contribution in [3.63, 3.8) is 0 Å². The second-order valence-corrected chi connectivity index (χ2v) is 7.72. The third kappa shape index (κ3) is 7.08. The molecule has 0 radical (unpaired) electrons. The number of carbonyl (C=O) groups is 1. The van der Waals surface area contributed by atoms with Gasteiger partial charge in [0.2, 0.25) is 5.91 Å². The van der Waals surface area contributed by atoms with Gasteiger partial charge in [0.1, 0.15) is 0 Å². The maximum atomic E-state index is 11.8. The summed E-state index contributed by atoms with van der Waals surface area (Å²) in [6, 6.07) is 15.6. The molecule has 2 aromatic carbocycles. The van der Waals surface area contributed by atoms with E-state index in [1.54, 1.807) is 23.5 Å². The SMILES string of the molecule is O=C(CSc1ccccc1)NCCSCc1ccc(Cl)c(Cl)c1. The van der Waals surface area contributed by atoms with E-state index in [9.17, 15) is 4.79 Å². The van der Waals surface area contributed by atoms with E-state index in [2.05, 4.69) is 5.32 Å². The van der Waals surface area contributed by atoms with Crippen LogP contribution in [0.25, 0.3) is 0 Å². The maximum absolute atomic E-state index is 11.8. The molecule has 0 aliphatic carbocycles. The van der Waals surface area contributed by atoms with Gasteiger partial charge in [0.15, 0.2) is 0 Å². The van der Waals surface area contributed by atoms with Crippen molar-refractivity contribution in [2.45, 2.75) is 10.6 Å². The molecule has 2 aromatic rings. The lowest BCUT2D eigenvalue weighted by atomic mass is 10.2. The minimum absolute atomic E-state index is 0.0639. The van der Waals surface area contributed by atoms with Gasteiger partial charge in [-0.3, -0.25) is 4.79 Å². The van der Waals surface area contributed by atoms with Gasteiger partial charge in [0.05, 0.1) is 15.8 Å². The van der Waals surface area contributed by atoms with Crippen molar-refractivity contribution in [2.24, 2.45) is 0 Å². The molecule has 0 aliphatic rings. The molecule has 0 spiro atoms. The lowest BCUT2D eigenvalue weighted by molar-refractivity contribution is -0.118. The molecule has 0 bridgehead atoms. The van der Waals surface area contributed by atoms with Crippen LogP contribution in [-0.4, -0.2) is 24.0 Å². The number of benzene rings is 2. The van der Waals surface area contributed by atoms with Gasteiger partial charge in [-0.05, 0) is 29.8 Å². The van der Waals surface area contributed by atoms with Crippen LogP contribution in [-0.2, 0) is 10.5 Å². The first-order valence-corrected chi connectivity index (χ1v) is 10.0. The molecule has 122 valence electrons. The predicted molar refractivity (Wildman–Crippen MR) is 103 cm³/mol. The van der Waals surface area contributed by atoms with Crippen LogP contribution in [0.2, 0.25) is 10.0 Å². The molecule has 0 saturated carbocycles. The Balaban J connectivity index is 1.58. The quantitative estimate of drug-likeness (QED) is 0.503. The normalized spacial score (nSPS) is 10.5. The molecule has 1 N–H and O–H groups in total. The summed E-state index contributed by atoms with van der Waals surface area (Å²) in [6.07, 6.45) is 0. The lowest BCUT2D eigenvalue weighted by Crippen LogP contribution is -2.27. The summed E-state index contributed by atoms with van der Waals surface area (Å²) in [7, 11) is 0. The van der Waals surface area contributed by atoms with Crippen LogP contribution in [0.1, 0.15) is 5.56 Å². The zero-order valence-corrected chi connectivity index (χ0v) is 15.6. The average Bonchev–Trinajstić information content (AvgIpc) is 2.57. The van der Waals surface area contributed by atoms with Crippen LogP contribution in [0.15, 0.2) is 53.4 Å².